The van der Waals surface area contributed by atoms with Gasteiger partial charge in [-0.2, -0.15) is 5.10 Å². The lowest BCUT2D eigenvalue weighted by Crippen LogP contribution is -2.35. The quantitative estimate of drug-likeness (QED) is 0.553. The largest absolute Gasteiger partial charge is 0.496 e. The molecule has 0 aliphatic carbocycles. The number of amides is 2. The molecular weight excluding hydrogens is 410 g/mol. The zero-order valence-electron chi connectivity index (χ0n) is 13.3. The maximum atomic E-state index is 12.0. The molecule has 2 aromatic carbocycles. The molecular formula is C17H15BrClN3O3. The van der Waals surface area contributed by atoms with Gasteiger partial charge in [0.1, 0.15) is 5.75 Å². The number of rotatable bonds is 6. The van der Waals surface area contributed by atoms with Crippen molar-refractivity contribution in [1.29, 1.82) is 0 Å². The molecule has 2 N–H and O–H groups in total. The third-order valence-corrected chi connectivity index (χ3v) is 3.94. The van der Waals surface area contributed by atoms with Crippen LogP contribution in [0.3, 0.4) is 0 Å². The first-order valence-corrected chi connectivity index (χ1v) is 8.36. The zero-order valence-corrected chi connectivity index (χ0v) is 15.6. The summed E-state index contributed by atoms with van der Waals surface area (Å²) in [5.74, 6) is -0.280. The van der Waals surface area contributed by atoms with Gasteiger partial charge in [0, 0.05) is 10.0 Å². The summed E-state index contributed by atoms with van der Waals surface area (Å²) in [7, 11) is 1.55. The summed E-state index contributed by atoms with van der Waals surface area (Å²) in [6, 6.07) is 12.0. The number of hydrazone groups is 1. The molecule has 25 heavy (non-hydrogen) atoms. The molecule has 0 saturated heterocycles. The number of halogens is 2. The van der Waals surface area contributed by atoms with E-state index in [-0.39, 0.29) is 6.54 Å². The highest BCUT2D eigenvalue weighted by Gasteiger charge is 2.10. The normalized spacial score (nSPS) is 10.5. The van der Waals surface area contributed by atoms with Gasteiger partial charge in [-0.05, 0) is 30.3 Å². The van der Waals surface area contributed by atoms with Gasteiger partial charge in [0.05, 0.1) is 30.5 Å². The number of hydrogen-bond acceptors (Lipinski definition) is 4. The van der Waals surface area contributed by atoms with E-state index in [1.165, 1.54) is 6.21 Å². The molecule has 0 fully saturated rings. The number of methoxy groups -OCH3 is 1. The van der Waals surface area contributed by atoms with Gasteiger partial charge in [-0.1, -0.05) is 39.7 Å². The predicted octanol–water partition coefficient (Wildman–Crippen LogP) is 2.99. The maximum Gasteiger partial charge on any atom is 0.259 e. The molecule has 0 saturated carbocycles. The molecule has 0 heterocycles. The third kappa shape index (κ3) is 5.58. The highest BCUT2D eigenvalue weighted by atomic mass is 79.9. The average molecular weight is 425 g/mol. The summed E-state index contributed by atoms with van der Waals surface area (Å²) in [5, 5.41) is 6.65. The molecule has 0 aliphatic rings. The van der Waals surface area contributed by atoms with Gasteiger partial charge < -0.3 is 10.1 Å². The van der Waals surface area contributed by atoms with Crippen molar-refractivity contribution in [3.63, 3.8) is 0 Å². The zero-order chi connectivity index (χ0) is 18.2. The standard InChI is InChI=1S/C17H15BrClN3O3/c1-25-15-7-6-12(18)8-11(15)9-21-22-16(23)10-20-17(24)13-4-2-3-5-14(13)19/h2-9H,10H2,1H3,(H,20,24)(H,22,23)/b21-9-. The molecule has 8 heteroatoms. The Morgan fingerprint density at radius 1 is 1.28 bits per heavy atom. The van der Waals surface area contributed by atoms with Crippen LogP contribution in [0, 0.1) is 0 Å². The van der Waals surface area contributed by atoms with Crippen LogP contribution in [-0.2, 0) is 4.79 Å². The van der Waals surface area contributed by atoms with Crippen molar-refractivity contribution in [2.24, 2.45) is 5.10 Å². The second-order valence-electron chi connectivity index (χ2n) is 4.84. The van der Waals surface area contributed by atoms with Crippen molar-refractivity contribution in [3.8, 4) is 5.75 Å². The van der Waals surface area contributed by atoms with E-state index in [0.29, 0.717) is 21.9 Å². The fourth-order valence-corrected chi connectivity index (χ4v) is 2.52. The van der Waals surface area contributed by atoms with Crippen molar-refractivity contribution in [3.05, 3.63) is 63.1 Å². The molecule has 0 spiro atoms. The Morgan fingerprint density at radius 3 is 2.76 bits per heavy atom. The monoisotopic (exact) mass is 423 g/mol. The van der Waals surface area contributed by atoms with Gasteiger partial charge in [-0.25, -0.2) is 5.43 Å². The smallest absolute Gasteiger partial charge is 0.259 e. The average Bonchev–Trinajstić information content (AvgIpc) is 2.60. The van der Waals surface area contributed by atoms with E-state index >= 15 is 0 Å². The van der Waals surface area contributed by atoms with Crippen LogP contribution in [0.15, 0.2) is 52.0 Å². The Balaban J connectivity index is 1.88. The fourth-order valence-electron chi connectivity index (χ4n) is 1.92. The van der Waals surface area contributed by atoms with Crippen LogP contribution < -0.4 is 15.5 Å². The van der Waals surface area contributed by atoms with E-state index in [1.54, 1.807) is 43.5 Å². The minimum Gasteiger partial charge on any atom is -0.496 e. The lowest BCUT2D eigenvalue weighted by Gasteiger charge is -2.06. The molecule has 0 unspecified atom stereocenters. The summed E-state index contributed by atoms with van der Waals surface area (Å²) in [6.07, 6.45) is 1.46. The molecule has 0 radical (unpaired) electrons. The lowest BCUT2D eigenvalue weighted by atomic mass is 10.2. The van der Waals surface area contributed by atoms with Crippen LogP contribution >= 0.6 is 27.5 Å². The summed E-state index contributed by atoms with van der Waals surface area (Å²) in [4.78, 5) is 23.7. The van der Waals surface area contributed by atoms with Gasteiger partial charge in [-0.3, -0.25) is 9.59 Å². The molecule has 0 aromatic heterocycles. The molecule has 0 aliphatic heterocycles. The number of carbonyl (C=O) groups excluding carboxylic acids is 2. The van der Waals surface area contributed by atoms with Crippen LogP contribution in [0.5, 0.6) is 5.75 Å². The minimum absolute atomic E-state index is 0.225. The van der Waals surface area contributed by atoms with Crippen molar-refractivity contribution in [1.82, 2.24) is 10.7 Å². The molecule has 130 valence electrons. The lowest BCUT2D eigenvalue weighted by molar-refractivity contribution is -0.120. The number of nitrogens with one attached hydrogen (secondary N) is 2. The number of nitrogens with zero attached hydrogens (tertiary/aromatic N) is 1. The Bertz CT molecular complexity index is 811. The Kier molecular flexibility index (Phi) is 6.97. The van der Waals surface area contributed by atoms with Crippen LogP contribution in [-0.4, -0.2) is 31.7 Å². The van der Waals surface area contributed by atoms with Gasteiger partial charge >= 0.3 is 0 Å². The van der Waals surface area contributed by atoms with Crippen molar-refractivity contribution in [2.45, 2.75) is 0 Å². The topological polar surface area (TPSA) is 79.8 Å². The van der Waals surface area contributed by atoms with E-state index in [9.17, 15) is 9.59 Å². The van der Waals surface area contributed by atoms with Crippen molar-refractivity contribution < 1.29 is 14.3 Å². The highest BCUT2D eigenvalue weighted by molar-refractivity contribution is 9.10. The third-order valence-electron chi connectivity index (χ3n) is 3.11. The van der Waals surface area contributed by atoms with Crippen molar-refractivity contribution in [2.75, 3.05) is 13.7 Å². The van der Waals surface area contributed by atoms with E-state index in [4.69, 9.17) is 16.3 Å². The van der Waals surface area contributed by atoms with Crippen LogP contribution in [0.4, 0.5) is 0 Å². The Labute approximate surface area is 158 Å². The molecule has 0 bridgehead atoms. The van der Waals surface area contributed by atoms with Gasteiger partial charge in [0.2, 0.25) is 0 Å². The summed E-state index contributed by atoms with van der Waals surface area (Å²) in [6.45, 7) is -0.225. The van der Waals surface area contributed by atoms with Crippen molar-refractivity contribution >= 4 is 45.6 Å². The van der Waals surface area contributed by atoms with Crippen LogP contribution in [0.25, 0.3) is 0 Å². The first-order valence-electron chi connectivity index (χ1n) is 7.19. The first-order chi connectivity index (χ1) is 12.0. The molecule has 2 amide bonds. The molecule has 2 rings (SSSR count). The van der Waals surface area contributed by atoms with Crippen LogP contribution in [0.1, 0.15) is 15.9 Å². The maximum absolute atomic E-state index is 12.0. The molecule has 2 aromatic rings. The fraction of sp³-hybridized carbons (Fsp3) is 0.118. The number of benzene rings is 2. The van der Waals surface area contributed by atoms with Gasteiger partial charge in [0.25, 0.3) is 11.8 Å². The second kappa shape index (κ2) is 9.19. The minimum atomic E-state index is -0.467. The number of carbonyl (C=O) groups is 2. The summed E-state index contributed by atoms with van der Waals surface area (Å²) >= 11 is 9.28. The van der Waals surface area contributed by atoms with E-state index in [0.717, 1.165) is 4.47 Å². The Hall–Kier alpha value is -2.38. The number of ether oxygens (including phenoxy) is 1. The summed E-state index contributed by atoms with van der Waals surface area (Å²) < 4.78 is 6.06. The highest BCUT2D eigenvalue weighted by Crippen LogP contribution is 2.21. The van der Waals surface area contributed by atoms with Gasteiger partial charge in [0.15, 0.2) is 0 Å². The summed E-state index contributed by atoms with van der Waals surface area (Å²) in [5.41, 5.74) is 3.33. The molecule has 0 atom stereocenters. The predicted molar refractivity (Wildman–Crippen MR) is 100 cm³/mol. The number of hydrogen-bond donors (Lipinski definition) is 2. The first kappa shape index (κ1) is 19.0. The van der Waals surface area contributed by atoms with E-state index in [2.05, 4.69) is 31.8 Å². The van der Waals surface area contributed by atoms with E-state index < -0.39 is 11.8 Å². The molecule has 6 nitrogen and oxygen atoms in total. The SMILES string of the molecule is COc1ccc(Br)cc1/C=N\NC(=O)CNC(=O)c1ccccc1Cl. The van der Waals surface area contributed by atoms with Gasteiger partial charge in [-0.15, -0.1) is 0 Å². The second-order valence-corrected chi connectivity index (χ2v) is 6.16. The Morgan fingerprint density at radius 2 is 2.04 bits per heavy atom. The van der Waals surface area contributed by atoms with E-state index in [1.807, 2.05) is 6.07 Å². The van der Waals surface area contributed by atoms with Crippen LogP contribution in [0.2, 0.25) is 5.02 Å².